The maximum Gasteiger partial charge on any atom is 0.283 e. The van der Waals surface area contributed by atoms with E-state index >= 15 is 0 Å². The van der Waals surface area contributed by atoms with Crippen molar-refractivity contribution in [1.82, 2.24) is 25.9 Å². The Morgan fingerprint density at radius 3 is 2.47 bits per heavy atom. The van der Waals surface area contributed by atoms with Crippen LogP contribution in [-0.2, 0) is 4.79 Å². The highest BCUT2D eigenvalue weighted by atomic mass is 79.9. The number of fused-ring (bicyclic) bond motifs is 3. The first-order chi connectivity index (χ1) is 16.7. The minimum atomic E-state index is -0.705. The Bertz CT molecular complexity index is 1130. The molecule has 3 aliphatic rings. The van der Waals surface area contributed by atoms with Crippen LogP contribution in [0.3, 0.4) is 0 Å². The van der Waals surface area contributed by atoms with Crippen molar-refractivity contribution in [2.75, 3.05) is 37.6 Å². The lowest BCUT2D eigenvalue weighted by Gasteiger charge is -2.55. The third-order valence-corrected chi connectivity index (χ3v) is 7.25. The molecule has 2 bridgehead atoms. The zero-order valence-electron chi connectivity index (χ0n) is 19.9. The third-order valence-electron chi connectivity index (χ3n) is 6.97. The number of hydrogen-bond acceptors (Lipinski definition) is 7. The first-order valence-corrected chi connectivity index (χ1v) is 12.0. The van der Waals surface area contributed by atoms with Gasteiger partial charge < -0.3 is 43.6 Å². The van der Waals surface area contributed by atoms with Crippen LogP contribution in [0.5, 0.6) is 0 Å². The predicted molar refractivity (Wildman–Crippen MR) is 133 cm³/mol. The minimum absolute atomic E-state index is 0. The van der Waals surface area contributed by atoms with Gasteiger partial charge in [-0.2, -0.15) is 0 Å². The molecule has 1 unspecified atom stereocenters. The van der Waals surface area contributed by atoms with Crippen molar-refractivity contribution in [3.05, 3.63) is 46.7 Å². The molecule has 1 aromatic carbocycles. The van der Waals surface area contributed by atoms with Crippen molar-refractivity contribution in [2.45, 2.75) is 31.8 Å². The van der Waals surface area contributed by atoms with E-state index < -0.39 is 5.91 Å². The van der Waals surface area contributed by atoms with E-state index in [0.717, 1.165) is 31.5 Å². The topological polar surface area (TPSA) is 172 Å². The second kappa shape index (κ2) is 11.4. The summed E-state index contributed by atoms with van der Waals surface area (Å²) in [5.41, 5.74) is 12.1. The summed E-state index contributed by atoms with van der Waals surface area (Å²) in [5, 5.41) is 16.9. The number of carbonyl (C=O) groups is 2. The van der Waals surface area contributed by atoms with Gasteiger partial charge in [0.15, 0.2) is 34.5 Å². The van der Waals surface area contributed by atoms with Crippen molar-refractivity contribution in [1.29, 1.82) is 5.41 Å². The summed E-state index contributed by atoms with van der Waals surface area (Å²) >= 11 is 5.87. The zero-order valence-corrected chi connectivity index (χ0v) is 22.3. The smallest absolute Gasteiger partial charge is 0.283 e. The third kappa shape index (κ3) is 5.55. The van der Waals surface area contributed by atoms with E-state index in [1.165, 1.54) is 0 Å². The Morgan fingerprint density at radius 1 is 1.17 bits per heavy atom. The largest absolute Gasteiger partial charge is 1.00 e. The van der Waals surface area contributed by atoms with Gasteiger partial charge in [-0.3, -0.25) is 20.3 Å². The fourth-order valence-corrected chi connectivity index (χ4v) is 5.51. The summed E-state index contributed by atoms with van der Waals surface area (Å²) in [6.45, 7) is 4.91. The number of piperidine rings is 3. The molecule has 13 heteroatoms. The van der Waals surface area contributed by atoms with Gasteiger partial charge in [-0.15, -0.1) is 0 Å². The molecule has 0 saturated carbocycles. The first kappa shape index (κ1) is 27.6. The fourth-order valence-electron chi connectivity index (χ4n) is 5.38. The van der Waals surface area contributed by atoms with Crippen LogP contribution in [-0.4, -0.2) is 64.4 Å². The van der Waals surface area contributed by atoms with Crippen molar-refractivity contribution >= 4 is 41.0 Å². The van der Waals surface area contributed by atoms with Crippen molar-refractivity contribution in [3.63, 3.8) is 0 Å². The number of aromatic nitrogens is 2. The molecule has 11 nitrogen and oxygen atoms in total. The number of hydrogen-bond donors (Lipinski definition) is 6. The molecule has 2 atom stereocenters. The molecule has 0 radical (unpaired) electrons. The Balaban J connectivity index is 0.00000361. The predicted octanol–water partition coefficient (Wildman–Crippen LogP) is -1.96. The van der Waals surface area contributed by atoms with E-state index in [4.69, 9.17) is 28.5 Å². The number of guanidine groups is 1. The number of rotatable bonds is 6. The monoisotopic (exact) mass is 579 g/mol. The summed E-state index contributed by atoms with van der Waals surface area (Å²) in [6, 6.07) is 9.44. The number of nitrogens with one attached hydrogen (secondary N) is 4. The minimum Gasteiger partial charge on any atom is -1.00 e. The molecule has 4 heterocycles. The maximum atomic E-state index is 13.2. The van der Waals surface area contributed by atoms with Gasteiger partial charge in [0, 0.05) is 24.9 Å². The molecule has 3 fully saturated rings. The van der Waals surface area contributed by atoms with Gasteiger partial charge in [0.05, 0.1) is 19.1 Å². The van der Waals surface area contributed by atoms with Crippen LogP contribution < -0.4 is 44.4 Å². The van der Waals surface area contributed by atoms with E-state index in [2.05, 4.69) is 25.9 Å². The molecule has 5 rings (SSSR count). The van der Waals surface area contributed by atoms with E-state index in [1.807, 2.05) is 37.3 Å². The van der Waals surface area contributed by atoms with Crippen molar-refractivity contribution < 1.29 is 31.1 Å². The van der Waals surface area contributed by atoms with Crippen LogP contribution in [0, 0.1) is 11.3 Å². The number of quaternary nitrogens is 1. The molecule has 36 heavy (non-hydrogen) atoms. The Morgan fingerprint density at radius 2 is 1.83 bits per heavy atom. The Hall–Kier alpha value is -2.96. The Labute approximate surface area is 225 Å². The van der Waals surface area contributed by atoms with Gasteiger partial charge in [0.2, 0.25) is 0 Å². The molecule has 194 valence electrons. The average molecular weight is 581 g/mol. The van der Waals surface area contributed by atoms with E-state index in [0.29, 0.717) is 23.5 Å². The van der Waals surface area contributed by atoms with E-state index in [1.54, 1.807) is 0 Å². The number of nitrogens with two attached hydrogens (primary N) is 2. The van der Waals surface area contributed by atoms with Crippen LogP contribution in [0.2, 0.25) is 5.15 Å². The molecule has 3 aliphatic heterocycles. The van der Waals surface area contributed by atoms with Crippen molar-refractivity contribution in [2.24, 2.45) is 5.92 Å². The molecule has 2 amide bonds. The standard InChI is InChI=1S/C23H30ClN9O2.BrH/c1-2-28-22(35)17(14-6-4-3-5-7-14)33-10-8-13(9-11-33)15(12-33)29-23(27)32-21(34)16-19(25)31-20(26)18(24)30-16;/h3-7,13,15,17H,2,8-12H2,1H3,(H7-,25,26,27,28,29,31,32,34,35);1H/t13?,15-,17?,33?;/m1./s1. The molecule has 0 aliphatic carbocycles. The maximum absolute atomic E-state index is 13.2. The van der Waals surface area contributed by atoms with Gasteiger partial charge in [0.25, 0.3) is 11.8 Å². The molecule has 2 aromatic rings. The quantitative estimate of drug-likeness (QED) is 0.131. The number of halogens is 2. The zero-order chi connectivity index (χ0) is 25.2. The lowest BCUT2D eigenvalue weighted by Crippen LogP contribution is -3.00. The van der Waals surface area contributed by atoms with Crippen LogP contribution in [0.1, 0.15) is 41.9 Å². The molecule has 0 spiro atoms. The highest BCUT2D eigenvalue weighted by Crippen LogP contribution is 2.41. The van der Waals surface area contributed by atoms with Gasteiger partial charge in [0.1, 0.15) is 6.54 Å². The number of nitrogen functional groups attached to an aromatic ring is 2. The summed E-state index contributed by atoms with van der Waals surface area (Å²) in [6.07, 6.45) is 1.85. The number of likely N-dealkylation sites (N-methyl/N-ethyl adjacent to an activating group) is 1. The SMILES string of the molecule is CCNC(=O)C(c1ccccc1)[N+]12CCC(CC1)[C@H](NC(=N)NC(=O)c1nc(Cl)c(N)nc1N)C2.[Br-]. The molecular weight excluding hydrogens is 550 g/mol. The Kier molecular flexibility index (Phi) is 8.75. The number of amides is 2. The second-order valence-corrected chi connectivity index (χ2v) is 9.47. The normalized spacial score (nSPS) is 23.2. The first-order valence-electron chi connectivity index (χ1n) is 11.7. The van der Waals surface area contributed by atoms with Crippen LogP contribution in [0.25, 0.3) is 0 Å². The fraction of sp³-hybridized carbons (Fsp3) is 0.435. The van der Waals surface area contributed by atoms with Gasteiger partial charge in [-0.05, 0) is 12.8 Å². The summed E-state index contributed by atoms with van der Waals surface area (Å²) in [5.74, 6) is -0.768. The highest BCUT2D eigenvalue weighted by Gasteiger charge is 2.52. The number of anilines is 2. The van der Waals surface area contributed by atoms with Crippen molar-refractivity contribution in [3.8, 4) is 0 Å². The lowest BCUT2D eigenvalue weighted by atomic mass is 9.79. The second-order valence-electron chi connectivity index (χ2n) is 9.11. The van der Waals surface area contributed by atoms with Gasteiger partial charge in [-0.1, -0.05) is 41.9 Å². The number of benzene rings is 1. The van der Waals surface area contributed by atoms with Crippen LogP contribution >= 0.6 is 11.6 Å². The summed E-state index contributed by atoms with van der Waals surface area (Å²) in [7, 11) is 0. The number of nitrogens with zero attached hydrogens (tertiary/aromatic N) is 3. The van der Waals surface area contributed by atoms with Crippen LogP contribution in [0.4, 0.5) is 11.6 Å². The molecule has 3 saturated heterocycles. The average Bonchev–Trinajstić information content (AvgIpc) is 2.83. The van der Waals surface area contributed by atoms with Gasteiger partial charge in [-0.25, -0.2) is 9.97 Å². The molecule has 8 N–H and O–H groups in total. The van der Waals surface area contributed by atoms with Crippen LogP contribution in [0.15, 0.2) is 30.3 Å². The summed E-state index contributed by atoms with van der Waals surface area (Å²) in [4.78, 5) is 33.6. The van der Waals surface area contributed by atoms with E-state index in [9.17, 15) is 9.59 Å². The molecular formula is C23H31BrClN9O2. The van der Waals surface area contributed by atoms with E-state index in [-0.39, 0.29) is 63.4 Å². The van der Waals surface area contributed by atoms with Gasteiger partial charge >= 0.3 is 0 Å². The molecule has 1 aromatic heterocycles. The highest BCUT2D eigenvalue weighted by molar-refractivity contribution is 6.31. The number of carbonyl (C=O) groups excluding carboxylic acids is 2. The summed E-state index contributed by atoms with van der Waals surface area (Å²) < 4.78 is 0.608. The lowest BCUT2D eigenvalue weighted by molar-refractivity contribution is -0.963.